The number of nitrogens with one attached hydrogen (secondary N) is 1. The van der Waals surface area contributed by atoms with Gasteiger partial charge in [-0.1, -0.05) is 18.2 Å². The molecule has 0 aliphatic rings. The van der Waals surface area contributed by atoms with Crippen LogP contribution in [0.2, 0.25) is 0 Å². The molecular weight excluding hydrogens is 183 g/mol. The summed E-state index contributed by atoms with van der Waals surface area (Å²) in [5.41, 5.74) is 0.185. The molecule has 1 aromatic rings. The molecule has 0 radical (unpaired) electrons. The zero-order valence-corrected chi connectivity index (χ0v) is 7.62. The molecule has 1 atom stereocenters. The van der Waals surface area contributed by atoms with Crippen LogP contribution < -0.4 is 5.32 Å². The van der Waals surface area contributed by atoms with Gasteiger partial charge in [0.2, 0.25) is 5.91 Å². The minimum absolute atomic E-state index is 0.185. The summed E-state index contributed by atoms with van der Waals surface area (Å²) in [6.45, 7) is 1.28. The topological polar surface area (TPSA) is 52.9 Å². The summed E-state index contributed by atoms with van der Waals surface area (Å²) in [5, 5.41) is 11.1. The zero-order valence-electron chi connectivity index (χ0n) is 7.62. The fourth-order valence-electron chi connectivity index (χ4n) is 1.09. The normalized spacial score (nSPS) is 11.5. The summed E-state index contributed by atoms with van der Waals surface area (Å²) in [6, 6.07) is 6.76. The predicted octanol–water partition coefficient (Wildman–Crippen LogP) is 1.53. The molecule has 1 amide bonds. The summed E-state index contributed by atoms with van der Waals surface area (Å²) in [7, 11) is 0. The highest BCUT2D eigenvalue weighted by Crippen LogP contribution is 2.15. The number of carbonyl (C=O) groups excluding carboxylic acids is 1. The van der Waals surface area contributed by atoms with Crippen LogP contribution in [0.5, 0.6) is 0 Å². The Morgan fingerprint density at radius 1 is 1.57 bits per heavy atom. The largest absolute Gasteiger partial charge is 0.337 e. The maximum absolute atomic E-state index is 13.2. The van der Waals surface area contributed by atoms with Gasteiger partial charge in [-0.3, -0.25) is 4.79 Å². The number of benzene rings is 1. The fourth-order valence-corrected chi connectivity index (χ4v) is 1.09. The average Bonchev–Trinajstić information content (AvgIpc) is 2.15. The second kappa shape index (κ2) is 4.38. The van der Waals surface area contributed by atoms with Gasteiger partial charge in [-0.25, -0.2) is 4.39 Å². The first-order valence-corrected chi connectivity index (χ1v) is 4.06. The summed E-state index contributed by atoms with van der Waals surface area (Å²) in [4.78, 5) is 10.7. The molecule has 1 rings (SSSR count). The molecule has 3 nitrogen and oxygen atoms in total. The molecule has 0 spiro atoms. The van der Waals surface area contributed by atoms with Gasteiger partial charge in [-0.15, -0.1) is 0 Å². The number of rotatable bonds is 2. The van der Waals surface area contributed by atoms with Crippen LogP contribution in [0.1, 0.15) is 18.5 Å². The standard InChI is InChI=1S/C10H9FN2O/c1-7(14)13-10(6-12)8-4-2-3-5-9(8)11/h2-5,10H,1H3,(H,13,14). The second-order valence-electron chi connectivity index (χ2n) is 2.78. The van der Waals surface area contributed by atoms with Crippen LogP contribution in [0, 0.1) is 17.1 Å². The Kier molecular flexibility index (Phi) is 3.19. The van der Waals surface area contributed by atoms with E-state index in [0.717, 1.165) is 0 Å². The Balaban J connectivity index is 2.96. The minimum atomic E-state index is -0.923. The van der Waals surface area contributed by atoms with Gasteiger partial charge >= 0.3 is 0 Å². The van der Waals surface area contributed by atoms with Gasteiger partial charge in [0.15, 0.2) is 0 Å². The van der Waals surface area contributed by atoms with E-state index in [2.05, 4.69) is 5.32 Å². The lowest BCUT2D eigenvalue weighted by atomic mass is 10.1. The summed E-state index contributed by atoms with van der Waals surface area (Å²) >= 11 is 0. The van der Waals surface area contributed by atoms with Crippen molar-refractivity contribution >= 4 is 5.91 Å². The van der Waals surface area contributed by atoms with Crippen molar-refractivity contribution in [1.82, 2.24) is 5.32 Å². The number of nitriles is 1. The van der Waals surface area contributed by atoms with Crippen molar-refractivity contribution in [2.75, 3.05) is 0 Å². The monoisotopic (exact) mass is 192 g/mol. The van der Waals surface area contributed by atoms with E-state index in [1.54, 1.807) is 6.07 Å². The highest BCUT2D eigenvalue weighted by molar-refractivity contribution is 5.73. The SMILES string of the molecule is CC(=O)NC(C#N)c1ccccc1F. The van der Waals surface area contributed by atoms with Crippen molar-refractivity contribution < 1.29 is 9.18 Å². The third kappa shape index (κ3) is 2.30. The van der Waals surface area contributed by atoms with Crippen LogP contribution >= 0.6 is 0 Å². The van der Waals surface area contributed by atoms with Crippen molar-refractivity contribution in [2.45, 2.75) is 13.0 Å². The van der Waals surface area contributed by atoms with Gasteiger partial charge in [-0.2, -0.15) is 5.26 Å². The average molecular weight is 192 g/mol. The Labute approximate surface area is 81.2 Å². The van der Waals surface area contributed by atoms with Crippen LogP contribution in [0.4, 0.5) is 4.39 Å². The van der Waals surface area contributed by atoms with Gasteiger partial charge in [-0.05, 0) is 6.07 Å². The Hall–Kier alpha value is -1.89. The first-order valence-electron chi connectivity index (χ1n) is 4.06. The molecule has 4 heteroatoms. The molecule has 0 aliphatic heterocycles. The number of carbonyl (C=O) groups is 1. The number of hydrogen-bond donors (Lipinski definition) is 1. The lowest BCUT2D eigenvalue weighted by molar-refractivity contribution is -0.119. The minimum Gasteiger partial charge on any atom is -0.337 e. The van der Waals surface area contributed by atoms with Crippen molar-refractivity contribution in [2.24, 2.45) is 0 Å². The quantitative estimate of drug-likeness (QED) is 0.772. The first-order chi connectivity index (χ1) is 6.65. The molecular formula is C10H9FN2O. The van der Waals surface area contributed by atoms with Gasteiger partial charge in [0.1, 0.15) is 11.9 Å². The molecule has 0 bridgehead atoms. The van der Waals surface area contributed by atoms with Crippen LogP contribution in [0.3, 0.4) is 0 Å². The van der Waals surface area contributed by atoms with E-state index >= 15 is 0 Å². The fraction of sp³-hybridized carbons (Fsp3) is 0.200. The number of hydrogen-bond acceptors (Lipinski definition) is 2. The van der Waals surface area contributed by atoms with Crippen LogP contribution in [-0.2, 0) is 4.79 Å². The van der Waals surface area contributed by atoms with Crippen molar-refractivity contribution in [1.29, 1.82) is 5.26 Å². The smallest absolute Gasteiger partial charge is 0.218 e. The van der Waals surface area contributed by atoms with E-state index in [1.165, 1.54) is 25.1 Å². The van der Waals surface area contributed by atoms with Gasteiger partial charge in [0, 0.05) is 12.5 Å². The maximum Gasteiger partial charge on any atom is 0.218 e. The molecule has 0 heterocycles. The predicted molar refractivity (Wildman–Crippen MR) is 48.6 cm³/mol. The Morgan fingerprint density at radius 3 is 2.71 bits per heavy atom. The number of nitrogens with zero attached hydrogens (tertiary/aromatic N) is 1. The van der Waals surface area contributed by atoms with Gasteiger partial charge < -0.3 is 5.32 Å². The van der Waals surface area contributed by atoms with Crippen molar-refractivity contribution in [3.63, 3.8) is 0 Å². The van der Waals surface area contributed by atoms with Crippen molar-refractivity contribution in [3.05, 3.63) is 35.6 Å². The summed E-state index contributed by atoms with van der Waals surface area (Å²) < 4.78 is 13.2. The Bertz CT molecular complexity index is 384. The molecule has 14 heavy (non-hydrogen) atoms. The summed E-state index contributed by atoms with van der Waals surface area (Å²) in [5.74, 6) is -0.854. The lowest BCUT2D eigenvalue weighted by Gasteiger charge is -2.10. The number of amides is 1. The molecule has 1 unspecified atom stereocenters. The molecule has 1 aromatic carbocycles. The van der Waals surface area contributed by atoms with Crippen LogP contribution in [0.25, 0.3) is 0 Å². The van der Waals surface area contributed by atoms with Crippen LogP contribution in [0.15, 0.2) is 24.3 Å². The summed E-state index contributed by atoms with van der Waals surface area (Å²) in [6.07, 6.45) is 0. The van der Waals surface area contributed by atoms with E-state index in [9.17, 15) is 9.18 Å². The van der Waals surface area contributed by atoms with Crippen LogP contribution in [-0.4, -0.2) is 5.91 Å². The van der Waals surface area contributed by atoms with E-state index < -0.39 is 11.9 Å². The van der Waals surface area contributed by atoms with E-state index in [4.69, 9.17) is 5.26 Å². The highest BCUT2D eigenvalue weighted by Gasteiger charge is 2.14. The molecule has 0 aliphatic carbocycles. The third-order valence-corrected chi connectivity index (χ3v) is 1.69. The molecule has 0 saturated heterocycles. The molecule has 0 saturated carbocycles. The van der Waals surface area contributed by atoms with Gasteiger partial charge in [0.25, 0.3) is 0 Å². The first kappa shape index (κ1) is 10.2. The van der Waals surface area contributed by atoms with Crippen molar-refractivity contribution in [3.8, 4) is 6.07 Å². The second-order valence-corrected chi connectivity index (χ2v) is 2.78. The number of halogens is 1. The molecule has 0 fully saturated rings. The highest BCUT2D eigenvalue weighted by atomic mass is 19.1. The van der Waals surface area contributed by atoms with E-state index in [1.807, 2.05) is 6.07 Å². The van der Waals surface area contributed by atoms with E-state index in [-0.39, 0.29) is 11.5 Å². The van der Waals surface area contributed by atoms with E-state index in [0.29, 0.717) is 0 Å². The molecule has 0 aromatic heterocycles. The Morgan fingerprint density at radius 2 is 2.21 bits per heavy atom. The third-order valence-electron chi connectivity index (χ3n) is 1.69. The lowest BCUT2D eigenvalue weighted by Crippen LogP contribution is -2.25. The zero-order chi connectivity index (χ0) is 10.6. The maximum atomic E-state index is 13.2. The molecule has 72 valence electrons. The molecule has 1 N–H and O–H groups in total. The van der Waals surface area contributed by atoms with Gasteiger partial charge in [0.05, 0.1) is 6.07 Å².